The summed E-state index contributed by atoms with van der Waals surface area (Å²) in [5.74, 6) is 1.89. The Balaban J connectivity index is 1.85. The average Bonchev–Trinajstić information content (AvgIpc) is 2.72. The summed E-state index contributed by atoms with van der Waals surface area (Å²) in [6.45, 7) is 15.0. The fraction of sp³-hybridized carbons (Fsp3) is 0.759. The van der Waals surface area contributed by atoms with E-state index >= 15 is 0 Å². The number of phenols is 1. The molecule has 1 aliphatic heterocycles. The second kappa shape index (κ2) is 12.1. The number of fused-ring (bicyclic) bond motifs is 1. The maximum atomic E-state index is 12.0. The van der Waals surface area contributed by atoms with Gasteiger partial charge in [0.05, 0.1) is 5.92 Å². The summed E-state index contributed by atoms with van der Waals surface area (Å²) >= 11 is 0. The van der Waals surface area contributed by atoms with Crippen molar-refractivity contribution in [1.29, 1.82) is 0 Å². The molecule has 4 atom stereocenters. The molecule has 1 heterocycles. The molecule has 188 valence electrons. The number of hydrogen-bond donors (Lipinski definition) is 2. The van der Waals surface area contributed by atoms with Crippen LogP contribution in [-0.2, 0) is 11.2 Å². The summed E-state index contributed by atoms with van der Waals surface area (Å²) in [6, 6.07) is 1.85. The molecule has 4 heteroatoms. The van der Waals surface area contributed by atoms with Crippen LogP contribution in [0.1, 0.15) is 109 Å². The summed E-state index contributed by atoms with van der Waals surface area (Å²) < 4.78 is 6.48. The average molecular weight is 461 g/mol. The molecule has 2 N–H and O–H groups in total. The lowest BCUT2D eigenvalue weighted by atomic mass is 9.81. The Labute approximate surface area is 202 Å². The van der Waals surface area contributed by atoms with Crippen molar-refractivity contribution in [3.63, 3.8) is 0 Å². The molecule has 2 rings (SSSR count). The first-order valence-electron chi connectivity index (χ1n) is 13.2. The molecule has 33 heavy (non-hydrogen) atoms. The molecule has 0 fully saturated rings. The van der Waals surface area contributed by atoms with Crippen LogP contribution in [-0.4, -0.2) is 21.8 Å². The Morgan fingerprint density at radius 2 is 1.73 bits per heavy atom. The number of carboxylic acid groups (broad SMARTS) is 1. The van der Waals surface area contributed by atoms with Gasteiger partial charge in [-0.3, -0.25) is 4.79 Å². The van der Waals surface area contributed by atoms with Crippen LogP contribution in [0.15, 0.2) is 6.07 Å². The molecule has 0 spiro atoms. The largest absolute Gasteiger partial charge is 0.508 e. The first-order chi connectivity index (χ1) is 15.4. The van der Waals surface area contributed by atoms with Gasteiger partial charge in [0.15, 0.2) is 0 Å². The molecule has 0 aromatic heterocycles. The number of hydrogen-bond acceptors (Lipinski definition) is 3. The van der Waals surface area contributed by atoms with Crippen molar-refractivity contribution >= 4 is 5.97 Å². The zero-order chi connectivity index (χ0) is 24.8. The second-order valence-corrected chi connectivity index (χ2v) is 11.5. The minimum atomic E-state index is -0.642. The lowest BCUT2D eigenvalue weighted by Crippen LogP contribution is -2.37. The van der Waals surface area contributed by atoms with Crippen molar-refractivity contribution in [3.8, 4) is 11.5 Å². The van der Waals surface area contributed by atoms with Crippen LogP contribution in [0.5, 0.6) is 11.5 Å². The zero-order valence-electron chi connectivity index (χ0n) is 22.2. The number of aliphatic carboxylic acids is 1. The monoisotopic (exact) mass is 460 g/mol. The first-order valence-corrected chi connectivity index (χ1v) is 13.2. The Morgan fingerprint density at radius 1 is 1.03 bits per heavy atom. The summed E-state index contributed by atoms with van der Waals surface area (Å²) in [5, 5.41) is 20.0. The molecular weight excluding hydrogens is 412 g/mol. The Hall–Kier alpha value is -1.71. The molecule has 0 saturated heterocycles. The standard InChI is InChI=1S/C29H48O4/c1-19(2)10-8-11-20(3)13-14-25(28(31)32)21(4)12-9-16-29(7)17-15-24-18-26(30)22(5)23(6)27(24)33-29/h18-21,25,30H,8-17H2,1-7H3,(H,31,32). The SMILES string of the molecule is Cc1c(O)cc2c(c1C)OC(C)(CCCC(C)C(CCC(C)CCCC(C)C)C(=O)O)CC2. The predicted molar refractivity (Wildman–Crippen MR) is 136 cm³/mol. The molecule has 4 nitrogen and oxygen atoms in total. The summed E-state index contributed by atoms with van der Waals surface area (Å²) in [5.41, 5.74) is 2.77. The van der Waals surface area contributed by atoms with Crippen LogP contribution in [0, 0.1) is 37.5 Å². The van der Waals surface area contributed by atoms with Gasteiger partial charge in [-0.15, -0.1) is 0 Å². The number of benzene rings is 1. The number of carbonyl (C=O) groups is 1. The minimum absolute atomic E-state index is 0.172. The predicted octanol–water partition coefficient (Wildman–Crippen LogP) is 7.84. The number of phenolic OH excluding ortho intramolecular Hbond substituents is 1. The van der Waals surface area contributed by atoms with E-state index in [0.717, 1.165) is 73.3 Å². The van der Waals surface area contributed by atoms with Crippen LogP contribution >= 0.6 is 0 Å². The van der Waals surface area contributed by atoms with Crippen LogP contribution in [0.3, 0.4) is 0 Å². The lowest BCUT2D eigenvalue weighted by molar-refractivity contribution is -0.144. The fourth-order valence-electron chi connectivity index (χ4n) is 5.28. The van der Waals surface area contributed by atoms with Crippen LogP contribution in [0.25, 0.3) is 0 Å². The van der Waals surface area contributed by atoms with Crippen LogP contribution in [0.4, 0.5) is 0 Å². The molecule has 0 amide bonds. The van der Waals surface area contributed by atoms with E-state index in [1.54, 1.807) is 0 Å². The van der Waals surface area contributed by atoms with Crippen molar-refractivity contribution in [1.82, 2.24) is 0 Å². The van der Waals surface area contributed by atoms with E-state index in [2.05, 4.69) is 34.6 Å². The van der Waals surface area contributed by atoms with Crippen molar-refractivity contribution in [2.75, 3.05) is 0 Å². The highest BCUT2D eigenvalue weighted by atomic mass is 16.5. The van der Waals surface area contributed by atoms with E-state index in [1.807, 2.05) is 19.9 Å². The molecule has 1 aromatic rings. The minimum Gasteiger partial charge on any atom is -0.508 e. The third kappa shape index (κ3) is 7.93. The van der Waals surface area contributed by atoms with Gasteiger partial charge in [-0.2, -0.15) is 0 Å². The number of aromatic hydroxyl groups is 1. The molecule has 0 saturated carbocycles. The maximum Gasteiger partial charge on any atom is 0.306 e. The topological polar surface area (TPSA) is 66.8 Å². The van der Waals surface area contributed by atoms with Gasteiger partial charge < -0.3 is 14.9 Å². The van der Waals surface area contributed by atoms with Gasteiger partial charge >= 0.3 is 5.97 Å². The Bertz CT molecular complexity index is 784. The van der Waals surface area contributed by atoms with Crippen LogP contribution in [0.2, 0.25) is 0 Å². The zero-order valence-corrected chi connectivity index (χ0v) is 22.2. The third-order valence-electron chi connectivity index (χ3n) is 7.98. The normalized spacial score (nSPS) is 20.7. The summed E-state index contributed by atoms with van der Waals surface area (Å²) in [7, 11) is 0. The van der Waals surface area contributed by atoms with Gasteiger partial charge in [0.1, 0.15) is 17.1 Å². The number of carboxylic acids is 1. The van der Waals surface area contributed by atoms with Gasteiger partial charge in [0, 0.05) is 0 Å². The maximum absolute atomic E-state index is 12.0. The van der Waals surface area contributed by atoms with E-state index < -0.39 is 5.97 Å². The van der Waals surface area contributed by atoms with Gasteiger partial charge in [0.25, 0.3) is 0 Å². The molecule has 0 radical (unpaired) electrons. The fourth-order valence-corrected chi connectivity index (χ4v) is 5.28. The van der Waals surface area contributed by atoms with Gasteiger partial charge in [-0.25, -0.2) is 0 Å². The number of ether oxygens (including phenoxy) is 1. The smallest absolute Gasteiger partial charge is 0.306 e. The molecular formula is C29H48O4. The first kappa shape index (κ1) is 27.5. The Kier molecular flexibility index (Phi) is 10.1. The van der Waals surface area contributed by atoms with Gasteiger partial charge in [-0.05, 0) is 106 Å². The second-order valence-electron chi connectivity index (χ2n) is 11.5. The van der Waals surface area contributed by atoms with E-state index in [-0.39, 0.29) is 17.4 Å². The number of rotatable bonds is 13. The number of aryl methyl sites for hydroxylation is 1. The Morgan fingerprint density at radius 3 is 2.36 bits per heavy atom. The van der Waals surface area contributed by atoms with E-state index in [4.69, 9.17) is 4.74 Å². The van der Waals surface area contributed by atoms with Crippen molar-refractivity contribution in [3.05, 3.63) is 22.8 Å². The van der Waals surface area contributed by atoms with Crippen LogP contribution < -0.4 is 4.74 Å². The van der Waals surface area contributed by atoms with Gasteiger partial charge in [0.2, 0.25) is 0 Å². The third-order valence-corrected chi connectivity index (χ3v) is 7.98. The molecule has 1 aromatic carbocycles. The summed E-state index contributed by atoms with van der Waals surface area (Å²) in [4.78, 5) is 12.0. The lowest BCUT2D eigenvalue weighted by Gasteiger charge is -2.37. The van der Waals surface area contributed by atoms with Crippen molar-refractivity contribution in [2.45, 2.75) is 118 Å². The van der Waals surface area contributed by atoms with E-state index in [0.29, 0.717) is 11.7 Å². The van der Waals surface area contributed by atoms with Gasteiger partial charge in [-0.1, -0.05) is 47.0 Å². The molecule has 4 unspecified atom stereocenters. The highest BCUT2D eigenvalue weighted by Crippen LogP contribution is 2.42. The highest BCUT2D eigenvalue weighted by molar-refractivity contribution is 5.70. The molecule has 0 aliphatic carbocycles. The highest BCUT2D eigenvalue weighted by Gasteiger charge is 2.33. The van der Waals surface area contributed by atoms with Crippen molar-refractivity contribution < 1.29 is 19.7 Å². The van der Waals surface area contributed by atoms with E-state index in [1.165, 1.54) is 19.3 Å². The summed E-state index contributed by atoms with van der Waals surface area (Å²) in [6.07, 6.45) is 10.1. The molecule has 0 bridgehead atoms. The quantitative estimate of drug-likeness (QED) is 0.314. The van der Waals surface area contributed by atoms with Crippen molar-refractivity contribution in [2.24, 2.45) is 23.7 Å². The molecule has 1 aliphatic rings. The van der Waals surface area contributed by atoms with E-state index in [9.17, 15) is 15.0 Å².